The lowest BCUT2D eigenvalue weighted by Gasteiger charge is -2.40. The van der Waals surface area contributed by atoms with Crippen LogP contribution in [0.5, 0.6) is 0 Å². The van der Waals surface area contributed by atoms with E-state index in [0.717, 1.165) is 23.2 Å². The Morgan fingerprint density at radius 1 is 1.23 bits per heavy atom. The number of anilines is 2. The monoisotopic (exact) mass is 467 g/mol. The summed E-state index contributed by atoms with van der Waals surface area (Å²) in [5.74, 6) is 0.151. The number of carbonyl (C=O) groups is 1. The minimum atomic E-state index is -0.331. The smallest absolute Gasteiger partial charge is 0.255 e. The molecule has 4 nitrogen and oxygen atoms in total. The largest absolute Gasteiger partial charge is 0.352 e. The number of carbonyl (C=O) groups excluding carboxylic acids is 1. The van der Waals surface area contributed by atoms with Crippen LogP contribution in [0.4, 0.5) is 15.8 Å². The second-order valence-electron chi connectivity index (χ2n) is 6.93. The zero-order valence-corrected chi connectivity index (χ0v) is 17.1. The SMILES string of the molecule is CC(C)NCC1CN(C(=O)c2ccccc2Nc2ccc(I)cc2F)C1. The first-order valence-electron chi connectivity index (χ1n) is 8.78. The Morgan fingerprint density at radius 2 is 1.96 bits per heavy atom. The van der Waals surface area contributed by atoms with E-state index in [0.29, 0.717) is 28.9 Å². The van der Waals surface area contributed by atoms with Crippen LogP contribution in [0.2, 0.25) is 0 Å². The quantitative estimate of drug-likeness (QED) is 0.625. The molecule has 138 valence electrons. The van der Waals surface area contributed by atoms with Crippen LogP contribution in [0.25, 0.3) is 0 Å². The molecule has 0 bridgehead atoms. The van der Waals surface area contributed by atoms with Crippen molar-refractivity contribution >= 4 is 39.9 Å². The summed E-state index contributed by atoms with van der Waals surface area (Å²) in [6, 6.07) is 12.7. The molecule has 0 unspecified atom stereocenters. The second-order valence-corrected chi connectivity index (χ2v) is 8.18. The number of rotatable bonds is 6. The third-order valence-electron chi connectivity index (χ3n) is 4.42. The van der Waals surface area contributed by atoms with Crippen LogP contribution in [0.1, 0.15) is 24.2 Å². The molecule has 6 heteroatoms. The zero-order valence-electron chi connectivity index (χ0n) is 14.9. The van der Waals surface area contributed by atoms with Crippen LogP contribution in [0.15, 0.2) is 42.5 Å². The standard InChI is InChI=1S/C20H23FIN3O/c1-13(2)23-10-14-11-25(12-14)20(26)16-5-3-4-6-18(16)24-19-8-7-15(22)9-17(19)21/h3-9,13-14,23-24H,10-12H2,1-2H3. The van der Waals surface area contributed by atoms with E-state index in [1.807, 2.05) is 29.2 Å². The highest BCUT2D eigenvalue weighted by atomic mass is 127. The molecule has 1 fully saturated rings. The number of nitrogens with one attached hydrogen (secondary N) is 2. The summed E-state index contributed by atoms with van der Waals surface area (Å²) in [5, 5.41) is 6.47. The molecule has 1 aliphatic rings. The lowest BCUT2D eigenvalue weighted by atomic mass is 9.98. The fraction of sp³-hybridized carbons (Fsp3) is 0.350. The first kappa shape index (κ1) is 19.1. The number of halogens is 2. The first-order chi connectivity index (χ1) is 12.4. The molecule has 2 aromatic rings. The molecule has 0 radical (unpaired) electrons. The summed E-state index contributed by atoms with van der Waals surface area (Å²) in [4.78, 5) is 14.7. The Balaban J connectivity index is 1.69. The van der Waals surface area contributed by atoms with Gasteiger partial charge in [-0.05, 0) is 52.9 Å². The number of hydrogen-bond acceptors (Lipinski definition) is 3. The Kier molecular flexibility index (Phi) is 6.13. The van der Waals surface area contributed by atoms with Crippen molar-refractivity contribution in [2.75, 3.05) is 25.0 Å². The van der Waals surface area contributed by atoms with Crippen LogP contribution in [-0.4, -0.2) is 36.5 Å². The van der Waals surface area contributed by atoms with Crippen molar-refractivity contribution in [3.8, 4) is 0 Å². The highest BCUT2D eigenvalue weighted by Crippen LogP contribution is 2.27. The lowest BCUT2D eigenvalue weighted by molar-refractivity contribution is 0.0499. The molecule has 2 N–H and O–H groups in total. The van der Waals surface area contributed by atoms with Gasteiger partial charge >= 0.3 is 0 Å². The molecular formula is C20H23FIN3O. The van der Waals surface area contributed by atoms with Gasteiger partial charge in [-0.1, -0.05) is 26.0 Å². The molecule has 2 aromatic carbocycles. The Morgan fingerprint density at radius 3 is 2.65 bits per heavy atom. The number of benzene rings is 2. The van der Waals surface area contributed by atoms with Gasteiger partial charge in [-0.25, -0.2) is 4.39 Å². The minimum absolute atomic E-state index is 0.0141. The van der Waals surface area contributed by atoms with Crippen molar-refractivity contribution in [2.24, 2.45) is 5.92 Å². The van der Waals surface area contributed by atoms with Crippen LogP contribution in [0.3, 0.4) is 0 Å². The summed E-state index contributed by atoms with van der Waals surface area (Å²) in [5.41, 5.74) is 1.57. The lowest BCUT2D eigenvalue weighted by Crippen LogP contribution is -2.53. The van der Waals surface area contributed by atoms with Crippen molar-refractivity contribution in [1.29, 1.82) is 0 Å². The average molecular weight is 467 g/mol. The third kappa shape index (κ3) is 4.54. The maximum Gasteiger partial charge on any atom is 0.255 e. The molecule has 0 aliphatic carbocycles. The number of amides is 1. The third-order valence-corrected chi connectivity index (χ3v) is 5.09. The predicted molar refractivity (Wildman–Crippen MR) is 111 cm³/mol. The topological polar surface area (TPSA) is 44.4 Å². The fourth-order valence-electron chi connectivity index (χ4n) is 2.95. The van der Waals surface area contributed by atoms with Gasteiger partial charge in [-0.3, -0.25) is 4.79 Å². The predicted octanol–water partition coefficient (Wildman–Crippen LogP) is 4.24. The summed E-state index contributed by atoms with van der Waals surface area (Å²) >= 11 is 2.07. The molecular weight excluding hydrogens is 444 g/mol. The van der Waals surface area contributed by atoms with Gasteiger partial charge in [0, 0.05) is 35.2 Å². The number of hydrogen-bond donors (Lipinski definition) is 2. The number of para-hydroxylation sites is 1. The highest BCUT2D eigenvalue weighted by molar-refractivity contribution is 14.1. The maximum absolute atomic E-state index is 14.1. The summed E-state index contributed by atoms with van der Waals surface area (Å²) in [6.07, 6.45) is 0. The van der Waals surface area contributed by atoms with Gasteiger partial charge in [0.25, 0.3) is 5.91 Å². The van der Waals surface area contributed by atoms with Crippen molar-refractivity contribution < 1.29 is 9.18 Å². The van der Waals surface area contributed by atoms with Crippen molar-refractivity contribution in [2.45, 2.75) is 19.9 Å². The Labute approximate surface area is 167 Å². The van der Waals surface area contributed by atoms with Gasteiger partial charge in [0.1, 0.15) is 5.82 Å². The highest BCUT2D eigenvalue weighted by Gasteiger charge is 2.31. The average Bonchev–Trinajstić information content (AvgIpc) is 2.56. The molecule has 1 saturated heterocycles. The van der Waals surface area contributed by atoms with Crippen molar-refractivity contribution in [3.63, 3.8) is 0 Å². The maximum atomic E-state index is 14.1. The van der Waals surface area contributed by atoms with Gasteiger partial charge in [0.05, 0.1) is 16.9 Å². The molecule has 1 amide bonds. The van der Waals surface area contributed by atoms with Crippen LogP contribution in [-0.2, 0) is 0 Å². The van der Waals surface area contributed by atoms with Crippen LogP contribution in [0, 0.1) is 15.3 Å². The van der Waals surface area contributed by atoms with E-state index in [-0.39, 0.29) is 11.7 Å². The van der Waals surface area contributed by atoms with E-state index in [4.69, 9.17) is 0 Å². The van der Waals surface area contributed by atoms with Crippen LogP contribution < -0.4 is 10.6 Å². The van der Waals surface area contributed by atoms with E-state index in [9.17, 15) is 9.18 Å². The molecule has 0 aromatic heterocycles. The minimum Gasteiger partial charge on any atom is -0.352 e. The molecule has 0 spiro atoms. The number of nitrogens with zero attached hydrogens (tertiary/aromatic N) is 1. The Hall–Kier alpha value is -1.67. The Bertz CT molecular complexity index is 790. The first-order valence-corrected chi connectivity index (χ1v) is 9.85. The van der Waals surface area contributed by atoms with E-state index < -0.39 is 0 Å². The molecule has 26 heavy (non-hydrogen) atoms. The fourth-order valence-corrected chi connectivity index (χ4v) is 3.41. The van der Waals surface area contributed by atoms with Gasteiger partial charge < -0.3 is 15.5 Å². The van der Waals surface area contributed by atoms with Crippen molar-refractivity contribution in [3.05, 3.63) is 57.4 Å². The van der Waals surface area contributed by atoms with E-state index in [2.05, 4.69) is 47.1 Å². The van der Waals surface area contributed by atoms with Gasteiger partial charge in [-0.2, -0.15) is 0 Å². The summed E-state index contributed by atoms with van der Waals surface area (Å²) in [6.45, 7) is 6.67. The molecule has 3 rings (SSSR count). The van der Waals surface area contributed by atoms with Gasteiger partial charge in [0.2, 0.25) is 0 Å². The summed E-state index contributed by atoms with van der Waals surface area (Å²) in [7, 11) is 0. The van der Waals surface area contributed by atoms with E-state index in [1.165, 1.54) is 6.07 Å². The molecule has 1 heterocycles. The second kappa shape index (κ2) is 8.35. The summed E-state index contributed by atoms with van der Waals surface area (Å²) < 4.78 is 15.0. The molecule has 1 aliphatic heterocycles. The molecule has 0 saturated carbocycles. The van der Waals surface area contributed by atoms with Gasteiger partial charge in [-0.15, -0.1) is 0 Å². The zero-order chi connectivity index (χ0) is 18.7. The van der Waals surface area contributed by atoms with Crippen LogP contribution >= 0.6 is 22.6 Å². The molecule has 0 atom stereocenters. The van der Waals surface area contributed by atoms with Crippen molar-refractivity contribution in [1.82, 2.24) is 10.2 Å². The van der Waals surface area contributed by atoms with E-state index in [1.54, 1.807) is 12.1 Å². The normalized spacial score (nSPS) is 14.4. The van der Waals surface area contributed by atoms with E-state index >= 15 is 0 Å². The van der Waals surface area contributed by atoms with Gasteiger partial charge in [0.15, 0.2) is 0 Å². The number of likely N-dealkylation sites (tertiary alicyclic amines) is 1.